The van der Waals surface area contributed by atoms with E-state index < -0.39 is 0 Å². The number of rotatable bonds is 1. The molecule has 0 bridgehead atoms. The van der Waals surface area contributed by atoms with Crippen molar-refractivity contribution >= 4 is 0 Å². The molecule has 2 heteroatoms. The zero-order valence-corrected chi connectivity index (χ0v) is 8.82. The minimum Gasteiger partial charge on any atom is -0.347 e. The Bertz CT molecular complexity index is 328. The lowest BCUT2D eigenvalue weighted by Gasteiger charge is -2.21. The maximum atomic E-state index is 6.07. The topological polar surface area (TPSA) is 18.5 Å². The maximum Gasteiger partial charge on any atom is 0.169 e. The molecule has 1 atom stereocenters. The third-order valence-corrected chi connectivity index (χ3v) is 3.39. The average Bonchev–Trinajstić information content (AvgIpc) is 2.91. The number of ether oxygens (including phenoxy) is 2. The molecule has 1 spiro atoms. The fraction of sp³-hybridized carbons (Fsp3) is 0.538. The lowest BCUT2D eigenvalue weighted by Crippen LogP contribution is -2.25. The summed E-state index contributed by atoms with van der Waals surface area (Å²) >= 11 is 0. The van der Waals surface area contributed by atoms with E-state index in [2.05, 4.69) is 24.3 Å². The molecule has 0 unspecified atom stereocenters. The van der Waals surface area contributed by atoms with Crippen LogP contribution in [0.25, 0.3) is 0 Å². The molecule has 2 nitrogen and oxygen atoms in total. The quantitative estimate of drug-likeness (QED) is 0.700. The van der Waals surface area contributed by atoms with Crippen LogP contribution in [-0.4, -0.2) is 12.4 Å². The lowest BCUT2D eigenvalue weighted by atomic mass is 10.1. The molecular formula is C13H16O2. The van der Waals surface area contributed by atoms with E-state index >= 15 is 0 Å². The Labute approximate surface area is 90.2 Å². The molecule has 0 aromatic heterocycles. The molecular weight excluding hydrogens is 188 g/mol. The van der Waals surface area contributed by atoms with Crippen LogP contribution in [-0.2, 0) is 9.47 Å². The van der Waals surface area contributed by atoms with Gasteiger partial charge in [-0.2, -0.15) is 0 Å². The Morgan fingerprint density at radius 1 is 1.07 bits per heavy atom. The molecule has 1 aliphatic heterocycles. The summed E-state index contributed by atoms with van der Waals surface area (Å²) in [7, 11) is 0. The molecule has 1 saturated carbocycles. The van der Waals surface area contributed by atoms with Crippen molar-refractivity contribution in [1.29, 1.82) is 0 Å². The van der Waals surface area contributed by atoms with E-state index in [-0.39, 0.29) is 11.9 Å². The third-order valence-electron chi connectivity index (χ3n) is 3.39. The van der Waals surface area contributed by atoms with Crippen LogP contribution >= 0.6 is 0 Å². The monoisotopic (exact) mass is 204 g/mol. The van der Waals surface area contributed by atoms with Gasteiger partial charge in [-0.1, -0.05) is 30.3 Å². The molecule has 1 aliphatic carbocycles. The van der Waals surface area contributed by atoms with Crippen LogP contribution < -0.4 is 0 Å². The first kappa shape index (κ1) is 9.37. The van der Waals surface area contributed by atoms with Gasteiger partial charge in [0.25, 0.3) is 0 Å². The summed E-state index contributed by atoms with van der Waals surface area (Å²) in [6, 6.07) is 10.4. The molecule has 0 amide bonds. The van der Waals surface area contributed by atoms with Crippen LogP contribution in [0.1, 0.15) is 37.4 Å². The van der Waals surface area contributed by atoms with E-state index in [4.69, 9.17) is 9.47 Å². The Morgan fingerprint density at radius 3 is 2.53 bits per heavy atom. The second-order valence-electron chi connectivity index (χ2n) is 4.45. The maximum absolute atomic E-state index is 6.07. The van der Waals surface area contributed by atoms with Crippen LogP contribution in [0.2, 0.25) is 0 Å². The van der Waals surface area contributed by atoms with Gasteiger partial charge in [0.1, 0.15) is 6.10 Å². The molecule has 0 radical (unpaired) electrons. The highest BCUT2D eigenvalue weighted by Gasteiger charge is 2.43. The van der Waals surface area contributed by atoms with E-state index in [9.17, 15) is 0 Å². The van der Waals surface area contributed by atoms with E-state index in [1.165, 1.54) is 18.4 Å². The Hall–Kier alpha value is -0.860. The first-order chi connectivity index (χ1) is 7.38. The second-order valence-corrected chi connectivity index (χ2v) is 4.45. The van der Waals surface area contributed by atoms with E-state index in [1.54, 1.807) is 0 Å². The van der Waals surface area contributed by atoms with Gasteiger partial charge in [0, 0.05) is 12.8 Å². The lowest BCUT2D eigenvalue weighted by molar-refractivity contribution is -0.162. The van der Waals surface area contributed by atoms with Crippen molar-refractivity contribution in [2.75, 3.05) is 6.61 Å². The minimum absolute atomic E-state index is 0.143. The summed E-state index contributed by atoms with van der Waals surface area (Å²) in [6.45, 7) is 0.712. The van der Waals surface area contributed by atoms with Crippen molar-refractivity contribution in [2.24, 2.45) is 0 Å². The predicted molar refractivity (Wildman–Crippen MR) is 57.4 cm³/mol. The van der Waals surface area contributed by atoms with E-state index in [0.717, 1.165) is 12.8 Å². The van der Waals surface area contributed by atoms with Crippen molar-refractivity contribution in [3.8, 4) is 0 Å². The van der Waals surface area contributed by atoms with Crippen LogP contribution in [0.5, 0.6) is 0 Å². The average molecular weight is 204 g/mol. The Balaban J connectivity index is 1.76. The molecule has 2 aliphatic rings. The minimum atomic E-state index is -0.236. The van der Waals surface area contributed by atoms with Crippen LogP contribution in [0, 0.1) is 0 Å². The second kappa shape index (κ2) is 3.62. The molecule has 80 valence electrons. The molecule has 2 fully saturated rings. The molecule has 3 rings (SSSR count). The van der Waals surface area contributed by atoms with E-state index in [0.29, 0.717) is 6.61 Å². The van der Waals surface area contributed by atoms with Crippen LogP contribution in [0.3, 0.4) is 0 Å². The summed E-state index contributed by atoms with van der Waals surface area (Å²) in [5.41, 5.74) is 1.24. The first-order valence-corrected chi connectivity index (χ1v) is 5.75. The van der Waals surface area contributed by atoms with Gasteiger partial charge in [-0.05, 0) is 18.4 Å². The largest absolute Gasteiger partial charge is 0.347 e. The number of hydrogen-bond acceptors (Lipinski definition) is 2. The summed E-state index contributed by atoms with van der Waals surface area (Å²) in [5, 5.41) is 0. The molecule has 1 saturated heterocycles. The first-order valence-electron chi connectivity index (χ1n) is 5.75. The van der Waals surface area contributed by atoms with Crippen LogP contribution in [0.15, 0.2) is 30.3 Å². The van der Waals surface area contributed by atoms with Gasteiger partial charge in [0.05, 0.1) is 6.61 Å². The van der Waals surface area contributed by atoms with Gasteiger partial charge in [0.15, 0.2) is 5.79 Å². The summed E-state index contributed by atoms with van der Waals surface area (Å²) in [6.07, 6.45) is 4.75. The van der Waals surface area contributed by atoms with Crippen molar-refractivity contribution in [3.05, 3.63) is 35.9 Å². The molecule has 1 aromatic rings. The molecule has 0 N–H and O–H groups in total. The van der Waals surface area contributed by atoms with Gasteiger partial charge >= 0.3 is 0 Å². The molecule has 1 heterocycles. The van der Waals surface area contributed by atoms with E-state index in [1.807, 2.05) is 6.07 Å². The fourth-order valence-corrected chi connectivity index (χ4v) is 2.56. The predicted octanol–water partition coefficient (Wildman–Crippen LogP) is 3.04. The summed E-state index contributed by atoms with van der Waals surface area (Å²) in [5.74, 6) is -0.236. The van der Waals surface area contributed by atoms with Gasteiger partial charge in [0.2, 0.25) is 0 Å². The van der Waals surface area contributed by atoms with Crippen molar-refractivity contribution < 1.29 is 9.47 Å². The molecule has 15 heavy (non-hydrogen) atoms. The highest BCUT2D eigenvalue weighted by atomic mass is 16.7. The van der Waals surface area contributed by atoms with Gasteiger partial charge in [-0.3, -0.25) is 0 Å². The zero-order chi connectivity index (χ0) is 10.1. The summed E-state index contributed by atoms with van der Waals surface area (Å²) in [4.78, 5) is 0. The van der Waals surface area contributed by atoms with Crippen molar-refractivity contribution in [2.45, 2.75) is 37.6 Å². The molecule has 1 aromatic carbocycles. The standard InChI is InChI=1S/C13H16O2/c1-2-6-11(7-3-1)12-10-14-13(15-12)8-4-5-9-13/h1-3,6-7,12H,4-5,8-10H2/t12-/m0/s1. The number of hydrogen-bond donors (Lipinski definition) is 0. The highest BCUT2D eigenvalue weighted by Crippen LogP contribution is 2.43. The van der Waals surface area contributed by atoms with Crippen molar-refractivity contribution in [3.63, 3.8) is 0 Å². The smallest absolute Gasteiger partial charge is 0.169 e. The zero-order valence-electron chi connectivity index (χ0n) is 8.82. The normalized spacial score (nSPS) is 28.7. The Morgan fingerprint density at radius 2 is 1.80 bits per heavy atom. The fourth-order valence-electron chi connectivity index (χ4n) is 2.56. The number of benzene rings is 1. The Kier molecular flexibility index (Phi) is 2.26. The van der Waals surface area contributed by atoms with Gasteiger partial charge in [-0.25, -0.2) is 0 Å². The van der Waals surface area contributed by atoms with Crippen LogP contribution in [0.4, 0.5) is 0 Å². The van der Waals surface area contributed by atoms with Gasteiger partial charge < -0.3 is 9.47 Å². The highest BCUT2D eigenvalue weighted by molar-refractivity contribution is 5.18. The third kappa shape index (κ3) is 1.68. The van der Waals surface area contributed by atoms with Gasteiger partial charge in [-0.15, -0.1) is 0 Å². The van der Waals surface area contributed by atoms with Crippen molar-refractivity contribution in [1.82, 2.24) is 0 Å². The SMILES string of the molecule is c1ccc([C@@H]2COC3(CCCC3)O2)cc1. The summed E-state index contributed by atoms with van der Waals surface area (Å²) < 4.78 is 11.9.